The largest absolute Gasteiger partial charge is 0.508 e. The maximum atomic E-state index is 12.2. The van der Waals surface area contributed by atoms with Gasteiger partial charge in [0.1, 0.15) is 42.6 Å². The average molecular weight is 977 g/mol. The van der Waals surface area contributed by atoms with Crippen molar-refractivity contribution >= 4 is 47.8 Å². The highest BCUT2D eigenvalue weighted by atomic mass is 16.7. The fraction of sp³-hybridized carbons (Fsp3) is 0.571. The van der Waals surface area contributed by atoms with Crippen LogP contribution in [0.3, 0.4) is 0 Å². The summed E-state index contributed by atoms with van der Waals surface area (Å²) in [6.07, 6.45) is -10.7. The van der Waals surface area contributed by atoms with Crippen molar-refractivity contribution in [2.75, 3.05) is 13.2 Å². The lowest BCUT2D eigenvalue weighted by Gasteiger charge is -2.43. The minimum absolute atomic E-state index is 0.0813. The molecular formula is C42H52N6O21. The third-order valence-electron chi connectivity index (χ3n) is 9.59. The second-order valence-electron chi connectivity index (χ2n) is 15.6. The Hall–Kier alpha value is -7.10. The summed E-state index contributed by atoms with van der Waals surface area (Å²) in [6.45, 7) is 7.68. The Labute approximate surface area is 392 Å². The van der Waals surface area contributed by atoms with Gasteiger partial charge in [0.25, 0.3) is 0 Å². The summed E-state index contributed by atoms with van der Waals surface area (Å²) in [5.41, 5.74) is 1.72. The molecule has 2 saturated heterocycles. The van der Waals surface area contributed by atoms with Gasteiger partial charge in [-0.25, -0.2) is 9.36 Å². The van der Waals surface area contributed by atoms with Crippen LogP contribution in [0.15, 0.2) is 30.6 Å². The van der Waals surface area contributed by atoms with E-state index in [0.717, 1.165) is 55.4 Å². The van der Waals surface area contributed by atoms with Crippen LogP contribution in [0.25, 0.3) is 0 Å². The molecule has 2 aromatic heterocycles. The van der Waals surface area contributed by atoms with E-state index in [-0.39, 0.29) is 43.4 Å². The monoisotopic (exact) mass is 976 g/mol. The molecule has 376 valence electrons. The third kappa shape index (κ3) is 16.0. The molecule has 0 saturated carbocycles. The zero-order valence-corrected chi connectivity index (χ0v) is 38.7. The van der Waals surface area contributed by atoms with Gasteiger partial charge in [0.15, 0.2) is 49.2 Å². The summed E-state index contributed by atoms with van der Waals surface area (Å²) < 4.78 is 69.5. The number of nitrogens with zero attached hydrogens (tertiary/aromatic N) is 6. The minimum Gasteiger partial charge on any atom is -0.508 e. The first kappa shape index (κ1) is 52.9. The van der Waals surface area contributed by atoms with E-state index in [9.17, 15) is 43.5 Å². The molecule has 4 heterocycles. The van der Waals surface area contributed by atoms with E-state index in [2.05, 4.69) is 20.6 Å². The smallest absolute Gasteiger partial charge is 0.303 e. The maximum Gasteiger partial charge on any atom is 0.303 e. The molecule has 2 aliphatic heterocycles. The highest BCUT2D eigenvalue weighted by molar-refractivity contribution is 5.70. The number of hydrogen-bond acceptors (Lipinski definition) is 25. The van der Waals surface area contributed by atoms with Gasteiger partial charge in [-0.15, -0.1) is 10.2 Å². The van der Waals surface area contributed by atoms with Gasteiger partial charge in [-0.05, 0) is 23.3 Å². The number of ether oxygens (including phenoxy) is 12. The fourth-order valence-corrected chi connectivity index (χ4v) is 7.24. The van der Waals surface area contributed by atoms with E-state index in [1.807, 2.05) is 0 Å². The van der Waals surface area contributed by atoms with E-state index in [0.29, 0.717) is 11.1 Å². The van der Waals surface area contributed by atoms with E-state index < -0.39 is 122 Å². The number of phenols is 1. The predicted octanol–water partition coefficient (Wildman–Crippen LogP) is -0.129. The SMILES string of the molecule is CC(=O)OC[C@H]1O[C@@H](OCc2cn(Cc3cc(O)cc(Cn4cc(CO[C@@H]5O[C@H](COC(C)=O)[C@@H](OC(C)=O)[C@H](OC(C)=O)[C@H]5OC(C)=O)nn4)c3)nn2)[C@H](OC(C)=O)[C@@H](OC(C)=O)[C@@H]1OC(C)=O. The highest BCUT2D eigenvalue weighted by Crippen LogP contribution is 2.32. The van der Waals surface area contributed by atoms with Gasteiger partial charge in [-0.1, -0.05) is 16.5 Å². The fourth-order valence-electron chi connectivity index (χ4n) is 7.24. The van der Waals surface area contributed by atoms with Gasteiger partial charge in [0, 0.05) is 55.4 Å². The zero-order valence-electron chi connectivity index (χ0n) is 38.7. The van der Waals surface area contributed by atoms with Crippen LogP contribution in [0.1, 0.15) is 77.9 Å². The Bertz CT molecular complexity index is 2180. The molecule has 3 aromatic rings. The molecule has 0 aliphatic carbocycles. The van der Waals surface area contributed by atoms with Crippen molar-refractivity contribution in [3.63, 3.8) is 0 Å². The molecule has 69 heavy (non-hydrogen) atoms. The normalized spacial score (nSPS) is 24.2. The summed E-state index contributed by atoms with van der Waals surface area (Å²) in [7, 11) is 0. The Morgan fingerprint density at radius 2 is 0.826 bits per heavy atom. The van der Waals surface area contributed by atoms with Gasteiger partial charge < -0.3 is 61.9 Å². The Kier molecular flexibility index (Phi) is 18.6. The van der Waals surface area contributed by atoms with Crippen LogP contribution in [0.2, 0.25) is 0 Å². The van der Waals surface area contributed by atoms with Crippen LogP contribution in [0.4, 0.5) is 0 Å². The number of hydrogen-bond donors (Lipinski definition) is 1. The second kappa shape index (κ2) is 24.3. The molecule has 1 N–H and O–H groups in total. The number of aromatic nitrogens is 6. The molecule has 1 aromatic carbocycles. The Morgan fingerprint density at radius 1 is 0.493 bits per heavy atom. The average Bonchev–Trinajstić information content (AvgIpc) is 3.89. The van der Waals surface area contributed by atoms with Crippen molar-refractivity contribution in [3.05, 3.63) is 53.1 Å². The van der Waals surface area contributed by atoms with Crippen LogP contribution >= 0.6 is 0 Å². The molecule has 10 atom stereocenters. The summed E-state index contributed by atoms with van der Waals surface area (Å²) in [5, 5.41) is 27.2. The van der Waals surface area contributed by atoms with Crippen LogP contribution in [-0.4, -0.2) is 157 Å². The number of benzene rings is 1. The molecule has 2 aliphatic rings. The van der Waals surface area contributed by atoms with E-state index in [1.165, 1.54) is 33.9 Å². The summed E-state index contributed by atoms with van der Waals surface area (Å²) in [5.74, 6) is -6.20. The zero-order chi connectivity index (χ0) is 50.5. The molecule has 0 spiro atoms. The first-order chi connectivity index (χ1) is 32.6. The van der Waals surface area contributed by atoms with Gasteiger partial charge in [-0.3, -0.25) is 38.4 Å². The van der Waals surface area contributed by atoms with E-state index in [1.54, 1.807) is 6.07 Å². The van der Waals surface area contributed by atoms with Crippen molar-refractivity contribution in [2.24, 2.45) is 0 Å². The van der Waals surface area contributed by atoms with Gasteiger partial charge >= 0.3 is 47.8 Å². The lowest BCUT2D eigenvalue weighted by Crippen LogP contribution is -2.62. The number of rotatable bonds is 20. The Balaban J connectivity index is 1.26. The first-order valence-corrected chi connectivity index (χ1v) is 21.1. The molecule has 27 heteroatoms. The number of phenolic OH excluding ortho intramolecular Hbond substituents is 1. The van der Waals surface area contributed by atoms with E-state index >= 15 is 0 Å². The standard InChI is InChI=1S/C42H52N6O21/c1-20(49)58-18-33-35(62-22(3)51)37(64-24(5)53)39(66-26(7)55)41(68-33)60-16-30-14-47(45-43-30)12-28-9-29(11-32(57)10-28)13-48-15-31(44-46-48)17-61-42-40(67-27(8)56)38(65-25(6)54)36(63-23(4)52)34(69-42)19-59-21(2)50/h9-11,14-15,33-42,57H,12-13,16-19H2,1-8H3/t33-,34-,35-,36-,37+,38+,39-,40-,41-,42-/m1/s1. The highest BCUT2D eigenvalue weighted by Gasteiger charge is 2.54. The van der Waals surface area contributed by atoms with Crippen molar-refractivity contribution < 1.29 is 100 Å². The molecular weight excluding hydrogens is 924 g/mol. The van der Waals surface area contributed by atoms with Crippen molar-refractivity contribution in [3.8, 4) is 5.75 Å². The summed E-state index contributed by atoms with van der Waals surface area (Å²) >= 11 is 0. The quantitative estimate of drug-likeness (QED) is 0.114. The van der Waals surface area contributed by atoms with Crippen molar-refractivity contribution in [1.82, 2.24) is 30.0 Å². The lowest BCUT2D eigenvalue weighted by atomic mass is 9.98. The number of aromatic hydroxyl groups is 1. The molecule has 0 bridgehead atoms. The molecule has 0 radical (unpaired) electrons. The molecule has 0 amide bonds. The van der Waals surface area contributed by atoms with Crippen LogP contribution in [-0.2, 0) is 122 Å². The minimum atomic E-state index is -1.45. The molecule has 0 unspecified atom stereocenters. The number of esters is 8. The third-order valence-corrected chi connectivity index (χ3v) is 9.59. The first-order valence-electron chi connectivity index (χ1n) is 21.1. The van der Waals surface area contributed by atoms with E-state index in [4.69, 9.17) is 56.8 Å². The second-order valence-corrected chi connectivity index (χ2v) is 15.6. The van der Waals surface area contributed by atoms with Crippen LogP contribution in [0.5, 0.6) is 5.75 Å². The topological polar surface area (TPSA) is 329 Å². The number of carbonyl (C=O) groups is 8. The van der Waals surface area contributed by atoms with Crippen molar-refractivity contribution in [1.29, 1.82) is 0 Å². The van der Waals surface area contributed by atoms with Gasteiger partial charge in [-0.2, -0.15) is 0 Å². The molecule has 27 nitrogen and oxygen atoms in total. The van der Waals surface area contributed by atoms with Crippen LogP contribution in [0, 0.1) is 0 Å². The van der Waals surface area contributed by atoms with Gasteiger partial charge in [0.05, 0.1) is 38.7 Å². The van der Waals surface area contributed by atoms with Gasteiger partial charge in [0.2, 0.25) is 0 Å². The predicted molar refractivity (Wildman–Crippen MR) is 220 cm³/mol. The lowest BCUT2D eigenvalue weighted by molar-refractivity contribution is -0.310. The molecule has 2 fully saturated rings. The summed E-state index contributed by atoms with van der Waals surface area (Å²) in [4.78, 5) is 96.1. The van der Waals surface area contributed by atoms with Crippen molar-refractivity contribution in [2.45, 2.75) is 143 Å². The Morgan fingerprint density at radius 3 is 1.16 bits per heavy atom. The molecule has 5 rings (SSSR count). The number of carbonyl (C=O) groups excluding carboxylic acids is 8. The maximum absolute atomic E-state index is 12.2. The summed E-state index contributed by atoms with van der Waals surface area (Å²) in [6, 6.07) is 4.78. The van der Waals surface area contributed by atoms with Crippen LogP contribution < -0.4 is 0 Å².